The normalized spacial score (nSPS) is 11.6. The summed E-state index contributed by atoms with van der Waals surface area (Å²) >= 11 is 2.42. The highest BCUT2D eigenvalue weighted by Crippen LogP contribution is 2.02. The van der Waals surface area contributed by atoms with Gasteiger partial charge in [-0.25, -0.2) is 0 Å². The minimum atomic E-state index is 0.558. The first-order chi connectivity index (χ1) is 15.3. The molecule has 0 atom stereocenters. The second-order valence-corrected chi connectivity index (χ2v) is 8.27. The van der Waals surface area contributed by atoms with Crippen molar-refractivity contribution in [3.8, 4) is 0 Å². The standard InChI is InChI=1S/C22H46INO7/c1-24(2)8-10-26-12-14-28-16-18-30-20-22-31-21-19-29-17-15-27-13-11-25-9-6-4-3-5-7-23/h3-22H2,1-2H3. The molecule has 0 N–H and O–H groups in total. The molecule has 0 bridgehead atoms. The third kappa shape index (κ3) is 30.4. The Morgan fingerprint density at radius 1 is 0.419 bits per heavy atom. The van der Waals surface area contributed by atoms with Gasteiger partial charge in [-0.05, 0) is 31.4 Å². The van der Waals surface area contributed by atoms with Gasteiger partial charge in [0.1, 0.15) is 0 Å². The maximum absolute atomic E-state index is 5.54. The second-order valence-electron chi connectivity index (χ2n) is 7.19. The molecule has 188 valence electrons. The molecule has 0 aromatic heterocycles. The van der Waals surface area contributed by atoms with Gasteiger partial charge in [0.15, 0.2) is 0 Å². The van der Waals surface area contributed by atoms with E-state index in [1.807, 2.05) is 14.1 Å². The zero-order chi connectivity index (χ0) is 22.7. The molecule has 0 fully saturated rings. The molecular formula is C22H46INO7. The van der Waals surface area contributed by atoms with Gasteiger partial charge in [0.2, 0.25) is 0 Å². The molecule has 8 nitrogen and oxygen atoms in total. The number of likely N-dealkylation sites (N-methyl/N-ethyl adjacent to an activating group) is 1. The van der Waals surface area contributed by atoms with Gasteiger partial charge >= 0.3 is 0 Å². The summed E-state index contributed by atoms with van der Waals surface area (Å²) in [5.74, 6) is 0. The molecule has 31 heavy (non-hydrogen) atoms. The van der Waals surface area contributed by atoms with Crippen LogP contribution in [0.3, 0.4) is 0 Å². The van der Waals surface area contributed by atoms with Crippen LogP contribution in [-0.4, -0.2) is 122 Å². The molecule has 0 aliphatic carbocycles. The van der Waals surface area contributed by atoms with Crippen molar-refractivity contribution in [1.29, 1.82) is 0 Å². The van der Waals surface area contributed by atoms with Crippen LogP contribution in [0, 0.1) is 0 Å². The van der Waals surface area contributed by atoms with Crippen molar-refractivity contribution in [3.05, 3.63) is 0 Å². The Morgan fingerprint density at radius 2 is 0.742 bits per heavy atom. The van der Waals surface area contributed by atoms with Gasteiger partial charge in [0.25, 0.3) is 0 Å². The summed E-state index contributed by atoms with van der Waals surface area (Å²) in [4.78, 5) is 2.09. The average Bonchev–Trinajstić information content (AvgIpc) is 2.76. The monoisotopic (exact) mass is 563 g/mol. The summed E-state index contributed by atoms with van der Waals surface area (Å²) < 4.78 is 39.5. The van der Waals surface area contributed by atoms with Crippen LogP contribution >= 0.6 is 22.6 Å². The van der Waals surface area contributed by atoms with Gasteiger partial charge in [-0.3, -0.25) is 0 Å². The highest BCUT2D eigenvalue weighted by molar-refractivity contribution is 14.1. The Hall–Kier alpha value is 0.410. The molecule has 0 saturated heterocycles. The van der Waals surface area contributed by atoms with E-state index in [0.29, 0.717) is 79.3 Å². The van der Waals surface area contributed by atoms with Crippen molar-refractivity contribution in [2.75, 3.05) is 118 Å². The number of halogens is 1. The number of hydrogen-bond donors (Lipinski definition) is 0. The lowest BCUT2D eigenvalue weighted by molar-refractivity contribution is -0.0208. The van der Waals surface area contributed by atoms with Crippen LogP contribution in [0.15, 0.2) is 0 Å². The van der Waals surface area contributed by atoms with Crippen LogP contribution in [0.25, 0.3) is 0 Å². The van der Waals surface area contributed by atoms with E-state index >= 15 is 0 Å². The first-order valence-corrected chi connectivity index (χ1v) is 13.0. The fraction of sp³-hybridized carbons (Fsp3) is 1.00. The Bertz CT molecular complexity index is 328. The molecule has 0 aromatic rings. The number of nitrogens with zero attached hydrogens (tertiary/aromatic N) is 1. The molecular weight excluding hydrogens is 517 g/mol. The lowest BCUT2D eigenvalue weighted by Crippen LogP contribution is -2.19. The number of unbranched alkanes of at least 4 members (excludes halogenated alkanes) is 3. The zero-order valence-corrected chi connectivity index (χ0v) is 22.0. The van der Waals surface area contributed by atoms with E-state index in [2.05, 4.69) is 27.5 Å². The third-order valence-corrected chi connectivity index (χ3v) is 4.85. The Morgan fingerprint density at radius 3 is 1.10 bits per heavy atom. The smallest absolute Gasteiger partial charge is 0.0701 e. The van der Waals surface area contributed by atoms with Crippen molar-refractivity contribution in [1.82, 2.24) is 4.90 Å². The lowest BCUT2D eigenvalue weighted by Gasteiger charge is -2.10. The molecule has 0 saturated carbocycles. The van der Waals surface area contributed by atoms with Crippen molar-refractivity contribution >= 4 is 22.6 Å². The van der Waals surface area contributed by atoms with Crippen molar-refractivity contribution in [3.63, 3.8) is 0 Å². The average molecular weight is 564 g/mol. The van der Waals surface area contributed by atoms with Crippen LogP contribution in [0.1, 0.15) is 25.7 Å². The van der Waals surface area contributed by atoms with Gasteiger partial charge in [0, 0.05) is 13.2 Å². The molecule has 0 radical (unpaired) electrons. The van der Waals surface area contributed by atoms with Gasteiger partial charge in [0.05, 0.1) is 85.9 Å². The molecule has 0 aliphatic heterocycles. The van der Waals surface area contributed by atoms with E-state index in [0.717, 1.165) is 26.2 Å². The Labute approximate surface area is 203 Å². The molecule has 0 aromatic carbocycles. The Balaban J connectivity index is 2.99. The maximum Gasteiger partial charge on any atom is 0.0701 e. The first kappa shape index (κ1) is 31.4. The molecule has 0 unspecified atom stereocenters. The van der Waals surface area contributed by atoms with Crippen LogP contribution in [0.5, 0.6) is 0 Å². The summed E-state index contributed by atoms with van der Waals surface area (Å²) in [7, 11) is 4.05. The summed E-state index contributed by atoms with van der Waals surface area (Å²) in [5, 5.41) is 0. The van der Waals surface area contributed by atoms with Gasteiger partial charge in [-0.1, -0.05) is 35.4 Å². The highest BCUT2D eigenvalue weighted by Gasteiger charge is 1.95. The molecule has 0 spiro atoms. The van der Waals surface area contributed by atoms with E-state index in [-0.39, 0.29) is 0 Å². The predicted octanol–water partition coefficient (Wildman–Crippen LogP) is 2.66. The fourth-order valence-corrected chi connectivity index (χ4v) is 2.86. The van der Waals surface area contributed by atoms with Gasteiger partial charge in [-0.2, -0.15) is 0 Å². The number of hydrogen-bond acceptors (Lipinski definition) is 8. The van der Waals surface area contributed by atoms with Crippen molar-refractivity contribution < 1.29 is 33.2 Å². The van der Waals surface area contributed by atoms with Crippen LogP contribution < -0.4 is 0 Å². The summed E-state index contributed by atoms with van der Waals surface area (Å²) in [6.45, 7) is 9.54. The molecule has 9 heteroatoms. The van der Waals surface area contributed by atoms with Gasteiger partial charge in [-0.15, -0.1) is 0 Å². The molecule has 0 rings (SSSR count). The van der Waals surface area contributed by atoms with Crippen LogP contribution in [-0.2, 0) is 33.2 Å². The van der Waals surface area contributed by atoms with E-state index < -0.39 is 0 Å². The third-order valence-electron chi connectivity index (χ3n) is 4.09. The summed E-state index contributed by atoms with van der Waals surface area (Å²) in [6.07, 6.45) is 5.02. The lowest BCUT2D eigenvalue weighted by atomic mass is 10.2. The zero-order valence-electron chi connectivity index (χ0n) is 19.8. The molecule has 0 amide bonds. The van der Waals surface area contributed by atoms with E-state index in [1.54, 1.807) is 0 Å². The summed E-state index contributed by atoms with van der Waals surface area (Å²) in [5.41, 5.74) is 0. The SMILES string of the molecule is CN(C)CCOCCOCCOCCOCCOCCOCCOCCCCCCI. The fourth-order valence-electron chi connectivity index (χ4n) is 2.32. The van der Waals surface area contributed by atoms with Crippen molar-refractivity contribution in [2.24, 2.45) is 0 Å². The second kappa shape index (κ2) is 28.4. The topological polar surface area (TPSA) is 67.9 Å². The number of alkyl halides is 1. The largest absolute Gasteiger partial charge is 0.379 e. The predicted molar refractivity (Wildman–Crippen MR) is 132 cm³/mol. The van der Waals surface area contributed by atoms with E-state index in [4.69, 9.17) is 33.2 Å². The quantitative estimate of drug-likeness (QED) is 0.0859. The number of ether oxygens (including phenoxy) is 7. The van der Waals surface area contributed by atoms with Crippen LogP contribution in [0.4, 0.5) is 0 Å². The van der Waals surface area contributed by atoms with E-state index in [1.165, 1.54) is 23.7 Å². The maximum atomic E-state index is 5.54. The molecule has 0 aliphatic rings. The van der Waals surface area contributed by atoms with Gasteiger partial charge < -0.3 is 38.1 Å². The Kier molecular flexibility index (Phi) is 28.8. The first-order valence-electron chi connectivity index (χ1n) is 11.5. The summed E-state index contributed by atoms with van der Waals surface area (Å²) in [6, 6.07) is 0. The van der Waals surface area contributed by atoms with Crippen LogP contribution in [0.2, 0.25) is 0 Å². The highest BCUT2D eigenvalue weighted by atomic mass is 127. The molecule has 0 heterocycles. The minimum absolute atomic E-state index is 0.558. The van der Waals surface area contributed by atoms with Crippen molar-refractivity contribution in [2.45, 2.75) is 25.7 Å². The minimum Gasteiger partial charge on any atom is -0.379 e. The number of rotatable bonds is 27. The van der Waals surface area contributed by atoms with E-state index in [9.17, 15) is 0 Å².